The van der Waals surface area contributed by atoms with Crippen LogP contribution in [0.25, 0.3) is 0 Å². The SMILES string of the molecule is CC1=C(C(=O)N2CCN(C(=O)c3ccco3)CC2)C2(CCCCC2)OC1=O. The van der Waals surface area contributed by atoms with Gasteiger partial charge in [-0.2, -0.15) is 0 Å². The third-order valence-corrected chi connectivity index (χ3v) is 5.89. The highest BCUT2D eigenvalue weighted by molar-refractivity contribution is 6.07. The Morgan fingerprint density at radius 1 is 1.00 bits per heavy atom. The van der Waals surface area contributed by atoms with Gasteiger partial charge >= 0.3 is 5.97 Å². The van der Waals surface area contributed by atoms with Crippen LogP contribution in [0.15, 0.2) is 34.0 Å². The Balaban J connectivity index is 1.47. The normalized spacial score (nSPS) is 22.3. The molecule has 0 aromatic carbocycles. The monoisotopic (exact) mass is 372 g/mol. The van der Waals surface area contributed by atoms with Crippen molar-refractivity contribution in [2.45, 2.75) is 44.6 Å². The number of carbonyl (C=O) groups is 3. The van der Waals surface area contributed by atoms with Crippen molar-refractivity contribution in [2.24, 2.45) is 0 Å². The lowest BCUT2D eigenvalue weighted by Crippen LogP contribution is -2.52. The second-order valence-electron chi connectivity index (χ2n) is 7.51. The van der Waals surface area contributed by atoms with Crippen LogP contribution >= 0.6 is 0 Å². The summed E-state index contributed by atoms with van der Waals surface area (Å²) in [6, 6.07) is 3.32. The maximum Gasteiger partial charge on any atom is 0.335 e. The first kappa shape index (κ1) is 17.8. The van der Waals surface area contributed by atoms with Gasteiger partial charge in [0.2, 0.25) is 0 Å². The van der Waals surface area contributed by atoms with Gasteiger partial charge in [0.1, 0.15) is 5.60 Å². The molecule has 3 aliphatic rings. The molecule has 0 N–H and O–H groups in total. The Bertz CT molecular complexity index is 781. The molecule has 1 aliphatic carbocycles. The van der Waals surface area contributed by atoms with Crippen LogP contribution in [0.4, 0.5) is 0 Å². The molecule has 0 bridgehead atoms. The first-order valence-electron chi connectivity index (χ1n) is 9.59. The summed E-state index contributed by atoms with van der Waals surface area (Å²) in [6.07, 6.45) is 5.93. The van der Waals surface area contributed by atoms with Gasteiger partial charge in [0.05, 0.1) is 11.8 Å². The van der Waals surface area contributed by atoms with Crippen LogP contribution in [0.5, 0.6) is 0 Å². The number of carbonyl (C=O) groups excluding carboxylic acids is 3. The number of hydrogen-bond donors (Lipinski definition) is 0. The van der Waals surface area contributed by atoms with E-state index in [2.05, 4.69) is 0 Å². The third kappa shape index (κ3) is 3.05. The minimum atomic E-state index is -0.738. The average molecular weight is 372 g/mol. The number of furan rings is 1. The van der Waals surface area contributed by atoms with Crippen molar-refractivity contribution in [1.82, 2.24) is 9.80 Å². The molecule has 1 aromatic rings. The van der Waals surface area contributed by atoms with Gasteiger partial charge in [0.15, 0.2) is 5.76 Å². The van der Waals surface area contributed by atoms with Crippen molar-refractivity contribution in [2.75, 3.05) is 26.2 Å². The summed E-state index contributed by atoms with van der Waals surface area (Å²) < 4.78 is 10.9. The summed E-state index contributed by atoms with van der Waals surface area (Å²) in [5, 5.41) is 0. The standard InChI is InChI=1S/C20H24N2O5/c1-14-16(20(27-19(14)25)7-3-2-4-8-20)18(24)22-11-9-21(10-12-22)17(23)15-6-5-13-26-15/h5-6,13H,2-4,7-12H2,1H3. The Labute approximate surface area is 157 Å². The van der Waals surface area contributed by atoms with E-state index in [1.54, 1.807) is 28.9 Å². The number of rotatable bonds is 2. The van der Waals surface area contributed by atoms with Crippen LogP contribution in [-0.2, 0) is 14.3 Å². The second kappa shape index (κ2) is 6.87. The lowest BCUT2D eigenvalue weighted by atomic mass is 9.78. The van der Waals surface area contributed by atoms with Crippen molar-refractivity contribution in [1.29, 1.82) is 0 Å². The number of ether oxygens (including phenoxy) is 1. The third-order valence-electron chi connectivity index (χ3n) is 5.89. The summed E-state index contributed by atoms with van der Waals surface area (Å²) in [5.41, 5.74) is 0.242. The second-order valence-corrected chi connectivity index (χ2v) is 7.51. The van der Waals surface area contributed by atoms with Crippen LogP contribution in [0.3, 0.4) is 0 Å². The van der Waals surface area contributed by atoms with Crippen LogP contribution in [0.2, 0.25) is 0 Å². The molecule has 2 aliphatic heterocycles. The van der Waals surface area contributed by atoms with Crippen LogP contribution in [0.1, 0.15) is 49.6 Å². The summed E-state index contributed by atoms with van der Waals surface area (Å²) in [5.74, 6) is -0.341. The van der Waals surface area contributed by atoms with E-state index in [-0.39, 0.29) is 17.8 Å². The molecule has 7 heteroatoms. The summed E-state index contributed by atoms with van der Waals surface area (Å²) in [6.45, 7) is 3.45. The fourth-order valence-electron chi connectivity index (χ4n) is 4.41. The van der Waals surface area contributed by atoms with Crippen LogP contribution < -0.4 is 0 Å². The molecule has 27 heavy (non-hydrogen) atoms. The molecule has 1 spiro atoms. The zero-order chi connectivity index (χ0) is 19.0. The molecule has 144 valence electrons. The maximum atomic E-state index is 13.2. The molecule has 0 atom stereocenters. The van der Waals surface area contributed by atoms with Gasteiger partial charge in [-0.15, -0.1) is 0 Å². The molecular weight excluding hydrogens is 348 g/mol. The highest BCUT2D eigenvalue weighted by Gasteiger charge is 2.50. The zero-order valence-corrected chi connectivity index (χ0v) is 15.5. The fraction of sp³-hybridized carbons (Fsp3) is 0.550. The lowest BCUT2D eigenvalue weighted by Gasteiger charge is -2.38. The highest BCUT2D eigenvalue weighted by Crippen LogP contribution is 2.44. The van der Waals surface area contributed by atoms with Crippen molar-refractivity contribution in [3.05, 3.63) is 35.3 Å². The quantitative estimate of drug-likeness (QED) is 0.743. The molecule has 2 fully saturated rings. The summed E-state index contributed by atoms with van der Waals surface area (Å²) in [7, 11) is 0. The Morgan fingerprint density at radius 2 is 1.63 bits per heavy atom. The molecule has 2 amide bonds. The van der Waals surface area contributed by atoms with Crippen molar-refractivity contribution in [3.8, 4) is 0 Å². The van der Waals surface area contributed by atoms with Crippen molar-refractivity contribution < 1.29 is 23.5 Å². The molecule has 4 rings (SSSR count). The van der Waals surface area contributed by atoms with Crippen molar-refractivity contribution >= 4 is 17.8 Å². The molecule has 0 unspecified atom stereocenters. The van der Waals surface area contributed by atoms with E-state index in [9.17, 15) is 14.4 Å². The van der Waals surface area contributed by atoms with E-state index >= 15 is 0 Å². The van der Waals surface area contributed by atoms with E-state index in [1.807, 2.05) is 0 Å². The number of nitrogens with zero attached hydrogens (tertiary/aromatic N) is 2. The minimum absolute atomic E-state index is 0.120. The van der Waals surface area contributed by atoms with Gasteiger partial charge in [-0.1, -0.05) is 6.42 Å². The molecular formula is C20H24N2O5. The highest BCUT2D eigenvalue weighted by atomic mass is 16.6. The van der Waals surface area contributed by atoms with E-state index in [0.29, 0.717) is 55.9 Å². The van der Waals surface area contributed by atoms with E-state index < -0.39 is 5.60 Å². The number of hydrogen-bond acceptors (Lipinski definition) is 5. The number of amides is 2. The van der Waals surface area contributed by atoms with E-state index in [4.69, 9.17) is 9.15 Å². The van der Waals surface area contributed by atoms with Crippen molar-refractivity contribution in [3.63, 3.8) is 0 Å². The fourth-order valence-corrected chi connectivity index (χ4v) is 4.41. The Kier molecular flexibility index (Phi) is 4.53. The van der Waals surface area contributed by atoms with Gasteiger partial charge in [0.25, 0.3) is 11.8 Å². The maximum absolute atomic E-state index is 13.2. The van der Waals surface area contributed by atoms with Gasteiger partial charge in [-0.3, -0.25) is 9.59 Å². The molecule has 1 saturated heterocycles. The molecule has 7 nitrogen and oxygen atoms in total. The number of esters is 1. The smallest absolute Gasteiger partial charge is 0.335 e. The predicted octanol–water partition coefficient (Wildman–Crippen LogP) is 2.14. The Morgan fingerprint density at radius 3 is 2.22 bits per heavy atom. The Hall–Kier alpha value is -2.57. The number of piperazine rings is 1. The summed E-state index contributed by atoms with van der Waals surface area (Å²) in [4.78, 5) is 41.3. The molecule has 1 aromatic heterocycles. The molecule has 1 saturated carbocycles. The average Bonchev–Trinajstić information content (AvgIpc) is 3.29. The van der Waals surface area contributed by atoms with Gasteiger partial charge in [-0.25, -0.2) is 4.79 Å². The lowest BCUT2D eigenvalue weighted by molar-refractivity contribution is -0.150. The van der Waals surface area contributed by atoms with Gasteiger partial charge in [0, 0.05) is 31.8 Å². The largest absolute Gasteiger partial charge is 0.459 e. The van der Waals surface area contributed by atoms with Gasteiger partial charge < -0.3 is 19.0 Å². The molecule has 0 radical (unpaired) electrons. The first-order valence-corrected chi connectivity index (χ1v) is 9.59. The van der Waals surface area contributed by atoms with Crippen LogP contribution in [0, 0.1) is 0 Å². The predicted molar refractivity (Wildman–Crippen MR) is 95.8 cm³/mol. The van der Waals surface area contributed by atoms with E-state index in [0.717, 1.165) is 19.3 Å². The first-order chi connectivity index (χ1) is 13.0. The minimum Gasteiger partial charge on any atom is -0.459 e. The summed E-state index contributed by atoms with van der Waals surface area (Å²) >= 11 is 0. The zero-order valence-electron chi connectivity index (χ0n) is 15.5. The van der Waals surface area contributed by atoms with Gasteiger partial charge in [-0.05, 0) is 44.7 Å². The molecule has 3 heterocycles. The van der Waals surface area contributed by atoms with Crippen LogP contribution in [-0.4, -0.2) is 59.4 Å². The topological polar surface area (TPSA) is 80.1 Å². The van der Waals surface area contributed by atoms with E-state index in [1.165, 1.54) is 6.26 Å².